The van der Waals surface area contributed by atoms with E-state index in [1.165, 1.54) is 28.9 Å². The lowest BCUT2D eigenvalue weighted by molar-refractivity contribution is -0.136. The summed E-state index contributed by atoms with van der Waals surface area (Å²) in [6.45, 7) is 0. The Hall–Kier alpha value is -2.37. The second-order valence-electron chi connectivity index (χ2n) is 3.29. The average Bonchev–Trinajstić information content (AvgIpc) is 2.56. The molecule has 82 valence electrons. The smallest absolute Gasteiger partial charge is 0.337 e. The highest BCUT2D eigenvalue weighted by molar-refractivity contribution is 5.87. The maximum atomic E-state index is 10.7. The number of aromatic carboxylic acids is 1. The minimum Gasteiger partial charge on any atom is -0.481 e. The van der Waals surface area contributed by atoms with Gasteiger partial charge in [0.15, 0.2) is 0 Å². The van der Waals surface area contributed by atoms with E-state index < -0.39 is 11.9 Å². The third kappa shape index (κ3) is 1.85. The molecule has 2 aromatic heterocycles. The Morgan fingerprint density at radius 2 is 2.00 bits per heavy atom. The molecule has 0 spiro atoms. The SMILES string of the molecule is O=C(O)Cc1cn2cc(C(=O)O)ccc2n1. The lowest BCUT2D eigenvalue weighted by Gasteiger charge is -1.95. The zero-order valence-corrected chi connectivity index (χ0v) is 8.12. The number of aromatic nitrogens is 2. The van der Waals surface area contributed by atoms with Crippen molar-refractivity contribution in [1.82, 2.24) is 9.38 Å². The molecule has 0 aliphatic rings. The van der Waals surface area contributed by atoms with Gasteiger partial charge in [-0.1, -0.05) is 0 Å². The van der Waals surface area contributed by atoms with Crippen LogP contribution in [0.25, 0.3) is 5.65 Å². The van der Waals surface area contributed by atoms with E-state index in [1.54, 1.807) is 0 Å². The number of carboxylic acid groups (broad SMARTS) is 2. The summed E-state index contributed by atoms with van der Waals surface area (Å²) in [5.41, 5.74) is 1.06. The van der Waals surface area contributed by atoms with Gasteiger partial charge in [-0.25, -0.2) is 9.78 Å². The summed E-state index contributed by atoms with van der Waals surface area (Å²) in [5.74, 6) is -2.00. The maximum Gasteiger partial charge on any atom is 0.337 e. The Bertz CT molecular complexity index is 573. The summed E-state index contributed by atoms with van der Waals surface area (Å²) >= 11 is 0. The van der Waals surface area contributed by atoms with Crippen LogP contribution < -0.4 is 0 Å². The number of aliphatic carboxylic acids is 1. The molecule has 16 heavy (non-hydrogen) atoms. The highest BCUT2D eigenvalue weighted by Gasteiger charge is 2.08. The number of rotatable bonds is 3. The summed E-state index contributed by atoms with van der Waals surface area (Å²) in [5, 5.41) is 17.4. The first-order valence-corrected chi connectivity index (χ1v) is 4.49. The summed E-state index contributed by atoms with van der Waals surface area (Å²) in [6, 6.07) is 2.96. The second-order valence-corrected chi connectivity index (χ2v) is 3.29. The van der Waals surface area contributed by atoms with Gasteiger partial charge in [-0.2, -0.15) is 0 Å². The first-order valence-electron chi connectivity index (χ1n) is 4.49. The van der Waals surface area contributed by atoms with E-state index in [-0.39, 0.29) is 12.0 Å². The number of carboxylic acids is 2. The number of hydrogen-bond donors (Lipinski definition) is 2. The van der Waals surface area contributed by atoms with E-state index in [0.29, 0.717) is 11.3 Å². The minimum absolute atomic E-state index is 0.131. The highest BCUT2D eigenvalue weighted by atomic mass is 16.4. The normalized spacial score (nSPS) is 10.5. The Kier molecular flexibility index (Phi) is 2.32. The molecule has 0 unspecified atom stereocenters. The molecular formula is C10H8N2O4. The third-order valence-corrected chi connectivity index (χ3v) is 2.08. The van der Waals surface area contributed by atoms with Crippen LogP contribution in [0, 0.1) is 0 Å². The predicted molar refractivity (Wildman–Crippen MR) is 53.5 cm³/mol. The van der Waals surface area contributed by atoms with Crippen LogP contribution >= 0.6 is 0 Å². The number of imidazole rings is 1. The van der Waals surface area contributed by atoms with Crippen LogP contribution in [0.3, 0.4) is 0 Å². The van der Waals surface area contributed by atoms with Crippen molar-refractivity contribution in [2.75, 3.05) is 0 Å². The summed E-state index contributed by atoms with van der Waals surface area (Å²) in [6.07, 6.45) is 2.73. The number of fused-ring (bicyclic) bond motifs is 1. The molecule has 0 atom stereocenters. The molecule has 0 radical (unpaired) electrons. The van der Waals surface area contributed by atoms with E-state index in [4.69, 9.17) is 10.2 Å². The van der Waals surface area contributed by atoms with Crippen molar-refractivity contribution in [2.24, 2.45) is 0 Å². The van der Waals surface area contributed by atoms with Crippen LogP contribution in [0.2, 0.25) is 0 Å². The van der Waals surface area contributed by atoms with Gasteiger partial charge in [-0.15, -0.1) is 0 Å². The molecule has 0 bridgehead atoms. The van der Waals surface area contributed by atoms with Crippen LogP contribution in [0.1, 0.15) is 16.1 Å². The fourth-order valence-electron chi connectivity index (χ4n) is 1.41. The summed E-state index contributed by atoms with van der Waals surface area (Å²) < 4.78 is 1.50. The van der Waals surface area contributed by atoms with Gasteiger partial charge in [-0.3, -0.25) is 4.79 Å². The largest absolute Gasteiger partial charge is 0.481 e. The fourth-order valence-corrected chi connectivity index (χ4v) is 1.41. The first-order chi connectivity index (χ1) is 7.56. The number of carbonyl (C=O) groups is 2. The zero-order valence-electron chi connectivity index (χ0n) is 8.12. The molecule has 6 heteroatoms. The van der Waals surface area contributed by atoms with Gasteiger partial charge in [0.05, 0.1) is 17.7 Å². The topological polar surface area (TPSA) is 91.9 Å². The lowest BCUT2D eigenvalue weighted by Crippen LogP contribution is -1.99. The number of hydrogen-bond acceptors (Lipinski definition) is 3. The van der Waals surface area contributed by atoms with Gasteiger partial charge in [0, 0.05) is 12.4 Å². The molecule has 0 saturated carbocycles. The van der Waals surface area contributed by atoms with Crippen LogP contribution in [0.15, 0.2) is 24.5 Å². The first kappa shape index (κ1) is 10.2. The molecule has 6 nitrogen and oxygen atoms in total. The minimum atomic E-state index is -1.03. The van der Waals surface area contributed by atoms with Crippen molar-refractivity contribution in [1.29, 1.82) is 0 Å². The summed E-state index contributed by atoms with van der Waals surface area (Å²) in [4.78, 5) is 25.2. The van der Waals surface area contributed by atoms with Gasteiger partial charge >= 0.3 is 11.9 Å². The highest BCUT2D eigenvalue weighted by Crippen LogP contribution is 2.08. The van der Waals surface area contributed by atoms with Crippen molar-refractivity contribution >= 4 is 17.6 Å². The second kappa shape index (κ2) is 3.65. The van der Waals surface area contributed by atoms with E-state index >= 15 is 0 Å². The van der Waals surface area contributed by atoms with Gasteiger partial charge < -0.3 is 14.6 Å². The third-order valence-electron chi connectivity index (χ3n) is 2.08. The maximum absolute atomic E-state index is 10.7. The predicted octanol–water partition coefficient (Wildman–Crippen LogP) is 0.660. The van der Waals surface area contributed by atoms with Gasteiger partial charge in [0.25, 0.3) is 0 Å². The molecule has 0 aliphatic heterocycles. The van der Waals surface area contributed by atoms with Crippen LogP contribution in [0.4, 0.5) is 0 Å². The van der Waals surface area contributed by atoms with Crippen molar-refractivity contribution in [2.45, 2.75) is 6.42 Å². The summed E-state index contributed by atoms with van der Waals surface area (Å²) in [7, 11) is 0. The van der Waals surface area contributed by atoms with Crippen LogP contribution in [0.5, 0.6) is 0 Å². The molecule has 2 rings (SSSR count). The number of nitrogens with zero attached hydrogens (tertiary/aromatic N) is 2. The zero-order chi connectivity index (χ0) is 11.7. The quantitative estimate of drug-likeness (QED) is 0.792. The molecule has 0 fully saturated rings. The molecular weight excluding hydrogens is 212 g/mol. The van der Waals surface area contributed by atoms with Crippen LogP contribution in [-0.2, 0) is 11.2 Å². The molecule has 2 heterocycles. The Labute approximate surface area is 89.8 Å². The van der Waals surface area contributed by atoms with Crippen molar-refractivity contribution in [3.8, 4) is 0 Å². The van der Waals surface area contributed by atoms with Gasteiger partial charge in [0.1, 0.15) is 5.65 Å². The molecule has 0 saturated heterocycles. The van der Waals surface area contributed by atoms with Gasteiger partial charge in [-0.05, 0) is 12.1 Å². The lowest BCUT2D eigenvalue weighted by atomic mass is 10.3. The van der Waals surface area contributed by atoms with E-state index in [1.807, 2.05) is 0 Å². The van der Waals surface area contributed by atoms with Crippen molar-refractivity contribution in [3.63, 3.8) is 0 Å². The molecule has 2 N–H and O–H groups in total. The van der Waals surface area contributed by atoms with E-state index in [2.05, 4.69) is 4.98 Å². The Morgan fingerprint density at radius 3 is 2.62 bits per heavy atom. The van der Waals surface area contributed by atoms with E-state index in [9.17, 15) is 9.59 Å². The average molecular weight is 220 g/mol. The standard InChI is InChI=1S/C10H8N2O4/c13-9(14)3-7-5-12-4-6(10(15)16)1-2-8(12)11-7/h1-2,4-5H,3H2,(H,13,14)(H,15,16). The molecule has 0 aromatic carbocycles. The molecule has 0 amide bonds. The fraction of sp³-hybridized carbons (Fsp3) is 0.100. The monoisotopic (exact) mass is 220 g/mol. The Balaban J connectivity index is 2.45. The van der Waals surface area contributed by atoms with Gasteiger partial charge in [0.2, 0.25) is 0 Å². The van der Waals surface area contributed by atoms with Crippen molar-refractivity contribution in [3.05, 3.63) is 35.8 Å². The molecule has 0 aliphatic carbocycles. The number of pyridine rings is 1. The molecule has 2 aromatic rings. The van der Waals surface area contributed by atoms with E-state index in [0.717, 1.165) is 0 Å². The van der Waals surface area contributed by atoms with Crippen LogP contribution in [-0.4, -0.2) is 31.5 Å². The van der Waals surface area contributed by atoms with Crippen molar-refractivity contribution < 1.29 is 19.8 Å². The Morgan fingerprint density at radius 1 is 1.25 bits per heavy atom.